The average molecular weight is 494 g/mol. The molecule has 0 heterocycles. The molecule has 0 aliphatic heterocycles. The summed E-state index contributed by atoms with van der Waals surface area (Å²) in [7, 11) is -28.8. The molecular formula is C6H6O16S5. The Hall–Kier alpha value is -1.43. The van der Waals surface area contributed by atoms with Crippen LogP contribution >= 0.6 is 0 Å². The van der Waals surface area contributed by atoms with E-state index in [1.165, 1.54) is 0 Å². The maximum absolute atomic E-state index is 11.7. The van der Waals surface area contributed by atoms with Gasteiger partial charge in [0.15, 0.2) is 5.75 Å². The number of rotatable bonds is 7. The van der Waals surface area contributed by atoms with Gasteiger partial charge in [-0.25, -0.2) is 0 Å². The van der Waals surface area contributed by atoms with Crippen molar-refractivity contribution in [1.82, 2.24) is 0 Å². The summed E-state index contributed by atoms with van der Waals surface area (Å²) in [6.45, 7) is 0. The van der Waals surface area contributed by atoms with Gasteiger partial charge < -0.3 is 5.11 Å². The van der Waals surface area contributed by atoms with Gasteiger partial charge in [-0.15, -0.1) is 7.26 Å². The SMILES string of the molecule is O=S(=O)(O)OS(=O)(=O)c1cc(S(=O)(=O)O)cc(S(=O)(=O)OS(=O)(=O)O)c1O. The first-order valence-corrected chi connectivity index (χ1v) is 12.4. The largest absolute Gasteiger partial charge is 0.505 e. The van der Waals surface area contributed by atoms with E-state index in [9.17, 15) is 47.2 Å². The predicted octanol–water partition coefficient (Wildman–Crippen LogP) is -2.34. The fourth-order valence-electron chi connectivity index (χ4n) is 1.39. The number of hydrogen-bond donors (Lipinski definition) is 4. The highest BCUT2D eigenvalue weighted by Gasteiger charge is 2.35. The molecule has 1 rings (SSSR count). The lowest BCUT2D eigenvalue weighted by Crippen LogP contribution is -2.17. The van der Waals surface area contributed by atoms with Gasteiger partial charge >= 0.3 is 41.0 Å². The lowest BCUT2D eigenvalue weighted by atomic mass is 10.3. The first-order valence-electron chi connectivity index (χ1n) is 5.37. The molecule has 0 saturated heterocycles. The summed E-state index contributed by atoms with van der Waals surface area (Å²) in [5.41, 5.74) is 0. The van der Waals surface area contributed by atoms with Crippen LogP contribution in [0.15, 0.2) is 26.8 Å². The van der Waals surface area contributed by atoms with Crippen molar-refractivity contribution in [3.05, 3.63) is 12.1 Å². The lowest BCUT2D eigenvalue weighted by molar-refractivity contribution is 0.379. The second kappa shape index (κ2) is 6.87. The molecule has 0 fully saturated rings. The standard InChI is InChI=1S/C6H6O16S5/c7-6-4(24(11,12)21-26(15,16)17)1-3(23(8,9)10)2-5(6)25(13,14)22-27(18,19)20/h1-2,7H,(H,8,9,10)(H,15,16,17)(H,18,19,20). The molecule has 4 N–H and O–H groups in total. The van der Waals surface area contributed by atoms with Gasteiger partial charge in [-0.2, -0.15) is 42.1 Å². The van der Waals surface area contributed by atoms with Crippen LogP contribution in [0, 0.1) is 0 Å². The molecule has 16 nitrogen and oxygen atoms in total. The third-order valence-electron chi connectivity index (χ3n) is 2.20. The maximum atomic E-state index is 11.7. The fourth-order valence-corrected chi connectivity index (χ4v) is 5.77. The second-order valence-electron chi connectivity index (χ2n) is 4.14. The van der Waals surface area contributed by atoms with Gasteiger partial charge in [0.05, 0.1) is 4.90 Å². The first-order chi connectivity index (χ1) is 11.7. The van der Waals surface area contributed by atoms with Crippen molar-refractivity contribution in [3.8, 4) is 5.75 Å². The molecule has 0 atom stereocenters. The van der Waals surface area contributed by atoms with Crippen molar-refractivity contribution >= 4 is 51.2 Å². The van der Waals surface area contributed by atoms with E-state index >= 15 is 0 Å². The van der Waals surface area contributed by atoms with Gasteiger partial charge in [-0.1, -0.05) is 0 Å². The topological polar surface area (TPSA) is 270 Å². The highest BCUT2D eigenvalue weighted by molar-refractivity contribution is 7.98. The minimum absolute atomic E-state index is 0.197. The summed E-state index contributed by atoms with van der Waals surface area (Å²) in [4.78, 5) is -5.56. The number of hydrogen-bond acceptors (Lipinski definition) is 13. The minimum Gasteiger partial charge on any atom is -0.505 e. The second-order valence-corrected chi connectivity index (χ2v) is 11.1. The monoisotopic (exact) mass is 494 g/mol. The molecule has 0 amide bonds. The van der Waals surface area contributed by atoms with Gasteiger partial charge in [0, 0.05) is 0 Å². The molecule has 0 spiro atoms. The Morgan fingerprint density at radius 2 is 0.926 bits per heavy atom. The molecule has 1 aromatic rings. The number of aromatic hydroxyl groups is 1. The first kappa shape index (κ1) is 23.6. The Bertz CT molecular complexity index is 1210. The van der Waals surface area contributed by atoms with E-state index in [1.54, 1.807) is 0 Å². The van der Waals surface area contributed by atoms with Crippen molar-refractivity contribution in [2.75, 3.05) is 0 Å². The molecule has 27 heavy (non-hydrogen) atoms. The molecule has 0 unspecified atom stereocenters. The summed E-state index contributed by atoms with van der Waals surface area (Å²) < 4.78 is 143. The Morgan fingerprint density at radius 1 is 0.630 bits per heavy atom. The van der Waals surface area contributed by atoms with Crippen LogP contribution in [0.3, 0.4) is 0 Å². The lowest BCUT2D eigenvalue weighted by Gasteiger charge is -2.11. The summed E-state index contributed by atoms with van der Waals surface area (Å²) in [6.07, 6.45) is 0. The normalized spacial score (nSPS) is 14.2. The molecule has 0 aliphatic carbocycles. The molecule has 0 bridgehead atoms. The van der Waals surface area contributed by atoms with Gasteiger partial charge in [0.1, 0.15) is 9.79 Å². The Balaban J connectivity index is 4.00. The van der Waals surface area contributed by atoms with Crippen LogP contribution in [0.5, 0.6) is 5.75 Å². The summed E-state index contributed by atoms with van der Waals surface area (Å²) >= 11 is 0. The van der Waals surface area contributed by atoms with Crippen molar-refractivity contribution < 1.29 is 68.1 Å². The fraction of sp³-hybridized carbons (Fsp3) is 0. The molecular weight excluding hydrogens is 488 g/mol. The van der Waals surface area contributed by atoms with Crippen LogP contribution in [-0.2, 0) is 58.4 Å². The zero-order chi connectivity index (χ0) is 21.6. The third-order valence-corrected chi connectivity index (χ3v) is 7.54. The molecule has 0 radical (unpaired) electrons. The highest BCUT2D eigenvalue weighted by Crippen LogP contribution is 2.36. The van der Waals surface area contributed by atoms with Crippen LogP contribution in [-0.4, -0.2) is 60.9 Å². The van der Waals surface area contributed by atoms with Gasteiger partial charge in [-0.05, 0) is 12.1 Å². The van der Waals surface area contributed by atoms with Gasteiger partial charge in [0.2, 0.25) is 0 Å². The Morgan fingerprint density at radius 3 is 1.15 bits per heavy atom. The van der Waals surface area contributed by atoms with E-state index in [-0.39, 0.29) is 12.1 Å². The molecule has 21 heteroatoms. The van der Waals surface area contributed by atoms with Crippen molar-refractivity contribution in [2.45, 2.75) is 14.7 Å². The van der Waals surface area contributed by atoms with Crippen LogP contribution in [0.2, 0.25) is 0 Å². The zero-order valence-electron chi connectivity index (χ0n) is 11.9. The average Bonchev–Trinajstić information content (AvgIpc) is 2.30. The summed E-state index contributed by atoms with van der Waals surface area (Å²) in [5, 5.41) is 9.70. The highest BCUT2D eigenvalue weighted by atomic mass is 32.3. The van der Waals surface area contributed by atoms with E-state index in [4.69, 9.17) is 13.7 Å². The summed E-state index contributed by atoms with van der Waals surface area (Å²) in [6, 6.07) is -0.394. The number of phenolic OH excluding ortho intramolecular Hbond substituents is 1. The Labute approximate surface area is 151 Å². The van der Waals surface area contributed by atoms with Gasteiger partial charge in [0.25, 0.3) is 10.1 Å². The minimum atomic E-state index is -5.85. The molecule has 156 valence electrons. The quantitative estimate of drug-likeness (QED) is 0.289. The van der Waals surface area contributed by atoms with E-state index < -0.39 is 71.6 Å². The third kappa shape index (κ3) is 6.30. The van der Waals surface area contributed by atoms with E-state index in [2.05, 4.69) is 7.26 Å². The maximum Gasteiger partial charge on any atom is 0.412 e. The number of phenols is 1. The molecule has 1 aromatic carbocycles. The predicted molar refractivity (Wildman–Crippen MR) is 77.6 cm³/mol. The van der Waals surface area contributed by atoms with Crippen molar-refractivity contribution in [3.63, 3.8) is 0 Å². The molecule has 0 saturated carbocycles. The van der Waals surface area contributed by atoms with E-state index in [1.807, 2.05) is 0 Å². The molecule has 0 aromatic heterocycles. The van der Waals surface area contributed by atoms with Gasteiger partial charge in [-0.3, -0.25) is 13.7 Å². The van der Waals surface area contributed by atoms with E-state index in [0.717, 1.165) is 0 Å². The van der Waals surface area contributed by atoms with Crippen molar-refractivity contribution in [2.24, 2.45) is 0 Å². The van der Waals surface area contributed by atoms with Crippen LogP contribution < -0.4 is 0 Å². The number of benzene rings is 1. The van der Waals surface area contributed by atoms with Crippen LogP contribution in [0.25, 0.3) is 0 Å². The Kier molecular flexibility index (Phi) is 6.01. The van der Waals surface area contributed by atoms with Crippen molar-refractivity contribution in [1.29, 1.82) is 0 Å². The van der Waals surface area contributed by atoms with Crippen LogP contribution in [0.4, 0.5) is 0 Å². The van der Waals surface area contributed by atoms with Crippen LogP contribution in [0.1, 0.15) is 0 Å². The molecule has 0 aliphatic rings. The zero-order valence-corrected chi connectivity index (χ0v) is 16.0. The van der Waals surface area contributed by atoms with E-state index in [0.29, 0.717) is 0 Å². The smallest absolute Gasteiger partial charge is 0.412 e. The summed E-state index contributed by atoms with van der Waals surface area (Å²) in [5.74, 6) is -2.05.